The Morgan fingerprint density at radius 1 is 1.24 bits per heavy atom. The van der Waals surface area contributed by atoms with Gasteiger partial charge in [-0.2, -0.15) is 0 Å². The summed E-state index contributed by atoms with van der Waals surface area (Å²) in [7, 11) is 0. The van der Waals surface area contributed by atoms with Gasteiger partial charge in [-0.25, -0.2) is 0 Å². The van der Waals surface area contributed by atoms with Crippen LogP contribution in [0.5, 0.6) is 5.75 Å². The van der Waals surface area contributed by atoms with Crippen LogP contribution in [0.2, 0.25) is 5.02 Å². The molecule has 3 N–H and O–H groups in total. The second-order valence-electron chi connectivity index (χ2n) is 7.05. The summed E-state index contributed by atoms with van der Waals surface area (Å²) in [5.74, 6) is -0.829. The van der Waals surface area contributed by atoms with Crippen LogP contribution in [0.25, 0.3) is 0 Å². The molecule has 1 saturated carbocycles. The van der Waals surface area contributed by atoms with E-state index >= 15 is 0 Å². The number of Topliss-reactive ketones (excluding diaryl/α,β-unsaturated/α-hetero) is 1. The molecule has 0 aromatic heterocycles. The Bertz CT molecular complexity index is 689. The average Bonchev–Trinajstić information content (AvgIpc) is 2.94. The number of carboxylic acids is 1. The van der Waals surface area contributed by atoms with Gasteiger partial charge in [0.2, 0.25) is 0 Å². The number of carbonyl (C=O) groups is 2. The van der Waals surface area contributed by atoms with Gasteiger partial charge in [-0.05, 0) is 43.5 Å². The molecule has 0 aliphatic heterocycles. The van der Waals surface area contributed by atoms with Crippen LogP contribution in [0.1, 0.15) is 32.1 Å². The predicted molar refractivity (Wildman–Crippen MR) is 107 cm³/mol. The summed E-state index contributed by atoms with van der Waals surface area (Å²) in [6.07, 6.45) is 2.84. The van der Waals surface area contributed by atoms with Crippen molar-refractivity contribution in [2.45, 2.75) is 50.4 Å². The largest absolute Gasteiger partial charge is 0.491 e. The van der Waals surface area contributed by atoms with Crippen LogP contribution >= 0.6 is 11.6 Å². The van der Waals surface area contributed by atoms with Gasteiger partial charge in [0.15, 0.2) is 0 Å². The van der Waals surface area contributed by atoms with E-state index in [0.29, 0.717) is 30.0 Å². The second kappa shape index (κ2) is 11.9. The van der Waals surface area contributed by atoms with E-state index in [2.05, 4.69) is 0 Å². The third kappa shape index (κ3) is 8.14. The van der Waals surface area contributed by atoms with Crippen molar-refractivity contribution in [1.29, 1.82) is 0 Å². The quantitative estimate of drug-likeness (QED) is 0.347. The van der Waals surface area contributed by atoms with E-state index < -0.39 is 30.2 Å². The number of aliphatic hydroxyl groups excluding tert-OH is 2. The van der Waals surface area contributed by atoms with E-state index in [4.69, 9.17) is 26.2 Å². The number of carbonyl (C=O) groups excluding carboxylic acids is 1. The lowest BCUT2D eigenvalue weighted by Crippen LogP contribution is -2.34. The van der Waals surface area contributed by atoms with Gasteiger partial charge < -0.3 is 24.8 Å². The maximum absolute atomic E-state index is 12.1. The summed E-state index contributed by atoms with van der Waals surface area (Å²) in [5.41, 5.74) is 0. The Labute approximate surface area is 174 Å². The van der Waals surface area contributed by atoms with Gasteiger partial charge in [-0.15, -0.1) is 0 Å². The van der Waals surface area contributed by atoms with Crippen LogP contribution in [0.15, 0.2) is 36.4 Å². The molecule has 29 heavy (non-hydrogen) atoms. The molecule has 4 atom stereocenters. The molecular formula is C21H27ClO7. The number of allylic oxidation sites excluding steroid dienone is 2. The van der Waals surface area contributed by atoms with Crippen molar-refractivity contribution >= 4 is 23.4 Å². The standard InChI is InChI=1S/C21H27ClO7/c22-14-7-9-16(10-8-14)28-12-15(23)13-29-21-17(18(24)11-19(21)25)5-3-1-2-4-6-20(26)27/h1,3,7-10,15,17,19,21,23,25H,2,4-6,11-13H2,(H,26,27)/b3-1+. The zero-order chi connectivity index (χ0) is 21.2. The molecule has 8 heteroatoms. The van der Waals surface area contributed by atoms with Crippen molar-refractivity contribution in [2.75, 3.05) is 13.2 Å². The molecule has 1 fully saturated rings. The Balaban J connectivity index is 1.75. The first-order valence-electron chi connectivity index (χ1n) is 9.62. The van der Waals surface area contributed by atoms with Gasteiger partial charge in [0.1, 0.15) is 24.2 Å². The van der Waals surface area contributed by atoms with Gasteiger partial charge >= 0.3 is 5.97 Å². The number of aliphatic carboxylic acids is 1. The van der Waals surface area contributed by atoms with Gasteiger partial charge in [0, 0.05) is 23.8 Å². The second-order valence-corrected chi connectivity index (χ2v) is 7.49. The van der Waals surface area contributed by atoms with Gasteiger partial charge in [-0.1, -0.05) is 23.8 Å². The van der Waals surface area contributed by atoms with Crippen LogP contribution in [0.3, 0.4) is 0 Å². The highest BCUT2D eigenvalue weighted by Crippen LogP contribution is 2.29. The van der Waals surface area contributed by atoms with E-state index in [1.165, 1.54) is 0 Å². The highest BCUT2D eigenvalue weighted by Gasteiger charge is 2.41. The lowest BCUT2D eigenvalue weighted by molar-refractivity contribution is -0.137. The molecule has 1 aromatic carbocycles. The third-order valence-electron chi connectivity index (χ3n) is 4.65. The van der Waals surface area contributed by atoms with Gasteiger partial charge in [-0.3, -0.25) is 9.59 Å². The zero-order valence-electron chi connectivity index (χ0n) is 16.1. The first-order valence-corrected chi connectivity index (χ1v) is 10.00. The minimum atomic E-state index is -0.916. The Hall–Kier alpha value is -1.93. The summed E-state index contributed by atoms with van der Waals surface area (Å²) in [4.78, 5) is 22.6. The van der Waals surface area contributed by atoms with Gasteiger partial charge in [0.05, 0.1) is 18.8 Å². The lowest BCUT2D eigenvalue weighted by Gasteiger charge is -2.22. The Kier molecular flexibility index (Phi) is 9.60. The fraction of sp³-hybridized carbons (Fsp3) is 0.524. The van der Waals surface area contributed by atoms with E-state index in [1.54, 1.807) is 24.3 Å². The normalized spacial score (nSPS) is 22.9. The van der Waals surface area contributed by atoms with E-state index in [-0.39, 0.29) is 31.8 Å². The van der Waals surface area contributed by atoms with Crippen LogP contribution in [-0.2, 0) is 14.3 Å². The highest BCUT2D eigenvalue weighted by molar-refractivity contribution is 6.30. The summed E-state index contributed by atoms with van der Waals surface area (Å²) >= 11 is 5.80. The molecule has 0 heterocycles. The first-order chi connectivity index (χ1) is 13.9. The minimum Gasteiger partial charge on any atom is -0.491 e. The molecule has 2 rings (SSSR count). The highest BCUT2D eigenvalue weighted by atomic mass is 35.5. The summed E-state index contributed by atoms with van der Waals surface area (Å²) < 4.78 is 11.1. The fourth-order valence-corrected chi connectivity index (χ4v) is 3.27. The predicted octanol–water partition coefficient (Wildman–Crippen LogP) is 2.62. The molecule has 7 nitrogen and oxygen atoms in total. The van der Waals surface area contributed by atoms with Gasteiger partial charge in [0.25, 0.3) is 0 Å². The molecule has 1 aliphatic carbocycles. The number of halogens is 1. The molecule has 0 bridgehead atoms. The average molecular weight is 427 g/mol. The van der Waals surface area contributed by atoms with E-state index in [0.717, 1.165) is 0 Å². The minimum absolute atomic E-state index is 0.00649. The fourth-order valence-electron chi connectivity index (χ4n) is 3.14. The number of carboxylic acid groups (broad SMARTS) is 1. The smallest absolute Gasteiger partial charge is 0.303 e. The lowest BCUT2D eigenvalue weighted by atomic mass is 9.99. The van der Waals surface area contributed by atoms with E-state index in [1.807, 2.05) is 12.2 Å². The number of ether oxygens (including phenoxy) is 2. The number of hydrogen-bond donors (Lipinski definition) is 3. The molecule has 1 aliphatic rings. The summed E-state index contributed by atoms with van der Waals surface area (Å²) in [6, 6.07) is 6.74. The van der Waals surface area contributed by atoms with Crippen LogP contribution in [0.4, 0.5) is 0 Å². The van der Waals surface area contributed by atoms with Crippen molar-refractivity contribution in [3.63, 3.8) is 0 Å². The SMILES string of the molecule is O=C(O)CCC/C=C/CC1C(=O)CC(O)C1OCC(O)COc1ccc(Cl)cc1. The number of unbranched alkanes of at least 4 members (excludes halogenated alkanes) is 1. The van der Waals surface area contributed by atoms with Crippen molar-refractivity contribution in [3.05, 3.63) is 41.4 Å². The Morgan fingerprint density at radius 3 is 2.66 bits per heavy atom. The number of hydrogen-bond acceptors (Lipinski definition) is 6. The van der Waals surface area contributed by atoms with Crippen LogP contribution in [0, 0.1) is 5.92 Å². The van der Waals surface area contributed by atoms with Crippen molar-refractivity contribution < 1.29 is 34.4 Å². The zero-order valence-corrected chi connectivity index (χ0v) is 16.8. The van der Waals surface area contributed by atoms with Crippen LogP contribution in [-0.4, -0.2) is 58.6 Å². The van der Waals surface area contributed by atoms with Crippen molar-refractivity contribution in [3.8, 4) is 5.75 Å². The van der Waals surface area contributed by atoms with Crippen molar-refractivity contribution in [2.24, 2.45) is 5.92 Å². The van der Waals surface area contributed by atoms with E-state index in [9.17, 15) is 19.8 Å². The van der Waals surface area contributed by atoms with Crippen LogP contribution < -0.4 is 4.74 Å². The topological polar surface area (TPSA) is 113 Å². The molecule has 160 valence electrons. The maximum atomic E-state index is 12.1. The summed E-state index contributed by atoms with van der Waals surface area (Å²) in [5, 5.41) is 29.4. The summed E-state index contributed by atoms with van der Waals surface area (Å²) in [6.45, 7) is -0.0615. The number of rotatable bonds is 12. The molecular weight excluding hydrogens is 400 g/mol. The molecule has 4 unspecified atom stereocenters. The molecule has 0 saturated heterocycles. The molecule has 0 radical (unpaired) electrons. The number of benzene rings is 1. The third-order valence-corrected chi connectivity index (χ3v) is 4.91. The first kappa shape index (κ1) is 23.3. The monoisotopic (exact) mass is 426 g/mol. The van der Waals surface area contributed by atoms with Crippen molar-refractivity contribution in [1.82, 2.24) is 0 Å². The Morgan fingerprint density at radius 2 is 1.97 bits per heavy atom. The number of ketones is 1. The molecule has 0 spiro atoms. The molecule has 1 aromatic rings. The maximum Gasteiger partial charge on any atom is 0.303 e. The molecule has 0 amide bonds. The number of aliphatic hydroxyl groups is 2.